The lowest BCUT2D eigenvalue weighted by Crippen LogP contribution is -2.37. The molecule has 6 heteroatoms. The van der Waals surface area contributed by atoms with Crippen LogP contribution in [0.4, 0.5) is 0 Å². The molecule has 4 nitrogen and oxygen atoms in total. The molecule has 0 unspecified atom stereocenters. The van der Waals surface area contributed by atoms with E-state index < -0.39 is 0 Å². The lowest BCUT2D eigenvalue weighted by molar-refractivity contribution is 0.583. The maximum absolute atomic E-state index is 4.38. The zero-order valence-corrected chi connectivity index (χ0v) is 14.0. The second-order valence-corrected chi connectivity index (χ2v) is 4.89. The predicted molar refractivity (Wildman–Crippen MR) is 85.7 cm³/mol. The molecule has 0 amide bonds. The average Bonchev–Trinajstić information content (AvgIpc) is 2.71. The minimum Gasteiger partial charge on any atom is -0.356 e. The summed E-state index contributed by atoms with van der Waals surface area (Å²) in [7, 11) is 5.75. The van der Waals surface area contributed by atoms with Crippen LogP contribution in [0.2, 0.25) is 0 Å². The zero-order chi connectivity index (χ0) is 12.0. The van der Waals surface area contributed by atoms with Crippen molar-refractivity contribution in [1.82, 2.24) is 15.2 Å². The Morgan fingerprint density at radius 2 is 2.24 bits per heavy atom. The second kappa shape index (κ2) is 8.68. The van der Waals surface area contributed by atoms with E-state index in [0.717, 1.165) is 25.3 Å². The first kappa shape index (κ1) is 16.6. The smallest absolute Gasteiger partial charge is 0.193 e. The van der Waals surface area contributed by atoms with Gasteiger partial charge in [0.1, 0.15) is 0 Å². The van der Waals surface area contributed by atoms with E-state index in [9.17, 15) is 0 Å². The van der Waals surface area contributed by atoms with Gasteiger partial charge in [0.05, 0.1) is 5.01 Å². The van der Waals surface area contributed by atoms with Gasteiger partial charge < -0.3 is 10.2 Å². The topological polar surface area (TPSA) is 40.5 Å². The highest BCUT2D eigenvalue weighted by molar-refractivity contribution is 14.0. The van der Waals surface area contributed by atoms with E-state index in [-0.39, 0.29) is 24.0 Å². The van der Waals surface area contributed by atoms with Crippen LogP contribution in [0.3, 0.4) is 0 Å². The summed E-state index contributed by atoms with van der Waals surface area (Å²) in [5, 5.41) is 4.48. The monoisotopic (exact) mass is 368 g/mol. The molecule has 0 aliphatic heterocycles. The Labute approximate surface area is 125 Å². The third-order valence-electron chi connectivity index (χ3n) is 2.21. The number of hydrogen-bond acceptors (Lipinski definition) is 3. The van der Waals surface area contributed by atoms with Crippen molar-refractivity contribution >= 4 is 41.3 Å². The quantitative estimate of drug-likeness (QED) is 0.502. The molecule has 0 saturated heterocycles. The van der Waals surface area contributed by atoms with Crippen molar-refractivity contribution in [1.29, 1.82) is 0 Å². The third-order valence-corrected chi connectivity index (χ3v) is 3.41. The van der Waals surface area contributed by atoms with E-state index in [2.05, 4.69) is 22.2 Å². The lowest BCUT2D eigenvalue weighted by atomic mass is 10.4. The molecule has 1 aromatic rings. The number of thiazole rings is 1. The zero-order valence-electron chi connectivity index (χ0n) is 10.9. The van der Waals surface area contributed by atoms with Crippen LogP contribution in [0.25, 0.3) is 0 Å². The van der Waals surface area contributed by atoms with E-state index in [1.54, 1.807) is 18.4 Å². The highest BCUT2D eigenvalue weighted by Crippen LogP contribution is 2.13. The fourth-order valence-electron chi connectivity index (χ4n) is 1.35. The van der Waals surface area contributed by atoms with Crippen LogP contribution < -0.4 is 5.32 Å². The molecular formula is C11H21IN4S. The number of aliphatic imine (C=N–C) groups is 1. The van der Waals surface area contributed by atoms with Crippen molar-refractivity contribution in [2.45, 2.75) is 19.8 Å². The van der Waals surface area contributed by atoms with Gasteiger partial charge in [-0.05, 0) is 6.42 Å². The largest absolute Gasteiger partial charge is 0.356 e. The Morgan fingerprint density at radius 3 is 2.71 bits per heavy atom. The second-order valence-electron chi connectivity index (χ2n) is 3.69. The molecule has 0 aliphatic rings. The molecule has 0 bridgehead atoms. The van der Waals surface area contributed by atoms with E-state index in [1.165, 1.54) is 9.88 Å². The van der Waals surface area contributed by atoms with Crippen molar-refractivity contribution in [3.05, 3.63) is 16.1 Å². The summed E-state index contributed by atoms with van der Waals surface area (Å²) in [6.45, 7) is 3.03. The first-order valence-electron chi connectivity index (χ1n) is 5.49. The minimum atomic E-state index is 0. The van der Waals surface area contributed by atoms with E-state index >= 15 is 0 Å². The average molecular weight is 368 g/mol. The Morgan fingerprint density at radius 1 is 1.53 bits per heavy atom. The summed E-state index contributed by atoms with van der Waals surface area (Å²) in [5.74, 6) is 0.910. The number of aromatic nitrogens is 1. The van der Waals surface area contributed by atoms with E-state index in [4.69, 9.17) is 0 Å². The summed E-state index contributed by atoms with van der Waals surface area (Å²) >= 11 is 1.80. The van der Waals surface area contributed by atoms with Gasteiger partial charge >= 0.3 is 0 Å². The Hall–Kier alpha value is -0.370. The molecule has 1 aromatic heterocycles. The fraction of sp³-hybridized carbons (Fsp3) is 0.636. The number of guanidine groups is 1. The standard InChI is InChI=1S/C11H20N4S.HI/c1-5-9-8-14-10(16-9)6-7-13-11(12-2)15(3)4;/h8H,5-7H2,1-4H3,(H,12,13);1H. The number of rotatable bonds is 4. The first-order chi connectivity index (χ1) is 7.67. The van der Waals surface area contributed by atoms with E-state index in [0.29, 0.717) is 0 Å². The molecule has 0 saturated carbocycles. The number of halogens is 1. The van der Waals surface area contributed by atoms with Gasteiger partial charge in [-0.25, -0.2) is 4.98 Å². The molecule has 1 N–H and O–H groups in total. The summed E-state index contributed by atoms with van der Waals surface area (Å²) in [4.78, 5) is 11.9. The number of aryl methyl sites for hydroxylation is 1. The summed E-state index contributed by atoms with van der Waals surface area (Å²) in [6, 6.07) is 0. The van der Waals surface area contributed by atoms with Crippen molar-refractivity contribution in [3.63, 3.8) is 0 Å². The lowest BCUT2D eigenvalue weighted by Gasteiger charge is -2.16. The van der Waals surface area contributed by atoms with Crippen LogP contribution in [0.1, 0.15) is 16.8 Å². The third kappa shape index (κ3) is 5.67. The number of nitrogens with one attached hydrogen (secondary N) is 1. The Balaban J connectivity index is 0.00000256. The molecule has 17 heavy (non-hydrogen) atoms. The van der Waals surface area contributed by atoms with Crippen LogP contribution in [0, 0.1) is 0 Å². The van der Waals surface area contributed by atoms with Gasteiger partial charge in [-0.15, -0.1) is 35.3 Å². The van der Waals surface area contributed by atoms with Crippen molar-refractivity contribution in [3.8, 4) is 0 Å². The van der Waals surface area contributed by atoms with Gasteiger partial charge in [0.15, 0.2) is 5.96 Å². The molecule has 0 atom stereocenters. The number of hydrogen-bond donors (Lipinski definition) is 1. The fourth-order valence-corrected chi connectivity index (χ4v) is 2.21. The molecule has 0 spiro atoms. The highest BCUT2D eigenvalue weighted by atomic mass is 127. The van der Waals surface area contributed by atoms with Crippen LogP contribution in [-0.2, 0) is 12.8 Å². The van der Waals surface area contributed by atoms with Crippen LogP contribution in [0.5, 0.6) is 0 Å². The summed E-state index contributed by atoms with van der Waals surface area (Å²) in [6.07, 6.45) is 4.00. The van der Waals surface area contributed by atoms with Crippen molar-refractivity contribution < 1.29 is 0 Å². The summed E-state index contributed by atoms with van der Waals surface area (Å²) in [5.41, 5.74) is 0. The van der Waals surface area contributed by atoms with Gasteiger partial charge in [-0.3, -0.25) is 4.99 Å². The normalized spacial score (nSPS) is 10.9. The van der Waals surface area contributed by atoms with Gasteiger partial charge in [0.2, 0.25) is 0 Å². The molecule has 0 aromatic carbocycles. The maximum Gasteiger partial charge on any atom is 0.193 e. The summed E-state index contributed by atoms with van der Waals surface area (Å²) < 4.78 is 0. The van der Waals surface area contributed by atoms with Gasteiger partial charge in [-0.1, -0.05) is 6.92 Å². The number of nitrogens with zero attached hydrogens (tertiary/aromatic N) is 3. The minimum absolute atomic E-state index is 0. The van der Waals surface area contributed by atoms with Crippen LogP contribution in [0.15, 0.2) is 11.2 Å². The van der Waals surface area contributed by atoms with Crippen LogP contribution in [-0.4, -0.2) is 43.5 Å². The molecule has 0 aliphatic carbocycles. The predicted octanol–water partition coefficient (Wildman–Crippen LogP) is 2.00. The molecular weight excluding hydrogens is 347 g/mol. The van der Waals surface area contributed by atoms with Crippen molar-refractivity contribution in [2.75, 3.05) is 27.7 Å². The molecule has 1 heterocycles. The van der Waals surface area contributed by atoms with Crippen LogP contribution >= 0.6 is 35.3 Å². The SMILES string of the molecule is CCc1cnc(CCNC(=NC)N(C)C)s1.I. The van der Waals surface area contributed by atoms with Gasteiger partial charge in [0, 0.05) is 45.2 Å². The van der Waals surface area contributed by atoms with Gasteiger partial charge in [0.25, 0.3) is 0 Å². The maximum atomic E-state index is 4.38. The Kier molecular flexibility index (Phi) is 8.49. The Bertz CT molecular complexity index is 349. The van der Waals surface area contributed by atoms with E-state index in [1.807, 2.05) is 25.2 Å². The first-order valence-corrected chi connectivity index (χ1v) is 6.30. The molecule has 1 rings (SSSR count). The van der Waals surface area contributed by atoms with Crippen molar-refractivity contribution in [2.24, 2.45) is 4.99 Å². The highest BCUT2D eigenvalue weighted by Gasteiger charge is 2.02. The molecule has 0 radical (unpaired) electrons. The molecule has 98 valence electrons. The molecule has 0 fully saturated rings. The van der Waals surface area contributed by atoms with Gasteiger partial charge in [-0.2, -0.15) is 0 Å².